The lowest BCUT2D eigenvalue weighted by atomic mass is 9.99. The van der Waals surface area contributed by atoms with Gasteiger partial charge < -0.3 is 10.2 Å². The molecule has 21 heavy (non-hydrogen) atoms. The van der Waals surface area contributed by atoms with Crippen LogP contribution in [0.5, 0.6) is 0 Å². The Bertz CT molecular complexity index is 583. The molecular weight excluding hydrogens is 264 g/mol. The van der Waals surface area contributed by atoms with Crippen LogP contribution in [0.2, 0.25) is 0 Å². The van der Waals surface area contributed by atoms with Crippen molar-refractivity contribution in [2.24, 2.45) is 5.92 Å². The number of H-pyrrole nitrogens is 1. The predicted octanol–water partition coefficient (Wildman–Crippen LogP) is 2.90. The minimum absolute atomic E-state index is 0.174. The van der Waals surface area contributed by atoms with E-state index in [4.69, 9.17) is 0 Å². The summed E-state index contributed by atoms with van der Waals surface area (Å²) >= 11 is 0. The Hall–Kier alpha value is -2.30. The average Bonchev–Trinajstić information content (AvgIpc) is 3.03. The number of piperidine rings is 1. The van der Waals surface area contributed by atoms with Crippen LogP contribution in [0.15, 0.2) is 36.5 Å². The Labute approximate surface area is 124 Å². The van der Waals surface area contributed by atoms with Crippen LogP contribution < -0.4 is 10.2 Å². The zero-order chi connectivity index (χ0) is 14.7. The van der Waals surface area contributed by atoms with Gasteiger partial charge >= 0.3 is 0 Å². The van der Waals surface area contributed by atoms with E-state index in [0.717, 1.165) is 24.7 Å². The number of hydrogen-bond donors (Lipinski definition) is 2. The summed E-state index contributed by atoms with van der Waals surface area (Å²) in [5, 5.41) is 9.28. The Kier molecular flexibility index (Phi) is 3.90. The van der Waals surface area contributed by atoms with Crippen molar-refractivity contribution in [1.29, 1.82) is 0 Å². The maximum atomic E-state index is 11.9. The number of carbonyl (C=O) groups is 1. The number of nitrogens with one attached hydrogen (secondary N) is 2. The highest BCUT2D eigenvalue weighted by atomic mass is 16.1. The minimum Gasteiger partial charge on any atom is -0.372 e. The van der Waals surface area contributed by atoms with Crippen LogP contribution in [0.4, 0.5) is 11.4 Å². The molecule has 1 saturated heterocycles. The first kappa shape index (κ1) is 13.7. The molecule has 0 saturated carbocycles. The Morgan fingerprint density at radius 1 is 1.24 bits per heavy atom. The zero-order valence-electron chi connectivity index (χ0n) is 12.2. The third kappa shape index (κ3) is 3.24. The Balaban J connectivity index is 1.63. The van der Waals surface area contributed by atoms with E-state index >= 15 is 0 Å². The van der Waals surface area contributed by atoms with E-state index in [0.29, 0.717) is 5.69 Å². The second-order valence-corrected chi connectivity index (χ2v) is 5.64. The normalized spacial score (nSPS) is 16.0. The highest BCUT2D eigenvalue weighted by Gasteiger charge is 2.16. The van der Waals surface area contributed by atoms with Crippen molar-refractivity contribution >= 4 is 17.3 Å². The molecule has 1 aliphatic rings. The summed E-state index contributed by atoms with van der Waals surface area (Å²) in [5.74, 6) is 0.654. The van der Waals surface area contributed by atoms with Gasteiger partial charge in [-0.15, -0.1) is 0 Å². The number of carbonyl (C=O) groups excluding carboxylic acids is 1. The Morgan fingerprint density at radius 3 is 2.57 bits per heavy atom. The molecule has 2 aromatic rings. The van der Waals surface area contributed by atoms with E-state index in [1.807, 2.05) is 12.1 Å². The molecule has 5 nitrogen and oxygen atoms in total. The van der Waals surface area contributed by atoms with Gasteiger partial charge in [0.1, 0.15) is 5.69 Å². The van der Waals surface area contributed by atoms with Crippen molar-refractivity contribution in [3.05, 3.63) is 42.2 Å². The standard InChI is InChI=1S/C16H20N4O/c1-12-7-10-20(11-8-12)14-4-2-13(3-5-14)18-16(21)15-6-9-17-19-15/h2-6,9,12H,7-8,10-11H2,1H3,(H,17,19)(H,18,21). The van der Waals surface area contributed by atoms with Gasteiger partial charge in [-0.1, -0.05) is 6.92 Å². The molecule has 2 N–H and O–H groups in total. The van der Waals surface area contributed by atoms with Gasteiger partial charge in [-0.2, -0.15) is 5.10 Å². The minimum atomic E-state index is -0.174. The second kappa shape index (κ2) is 5.99. The molecule has 0 spiro atoms. The quantitative estimate of drug-likeness (QED) is 0.911. The number of aromatic nitrogens is 2. The molecular formula is C16H20N4O. The summed E-state index contributed by atoms with van der Waals surface area (Å²) in [5.41, 5.74) is 2.48. The van der Waals surface area contributed by atoms with Crippen LogP contribution in [0.25, 0.3) is 0 Å². The van der Waals surface area contributed by atoms with Gasteiger partial charge in [-0.25, -0.2) is 0 Å². The number of benzene rings is 1. The number of anilines is 2. The van der Waals surface area contributed by atoms with Gasteiger partial charge in [0.2, 0.25) is 0 Å². The van der Waals surface area contributed by atoms with Crippen molar-refractivity contribution in [2.45, 2.75) is 19.8 Å². The number of aromatic amines is 1. The predicted molar refractivity (Wildman–Crippen MR) is 83.6 cm³/mol. The van der Waals surface area contributed by atoms with Crippen LogP contribution in [-0.2, 0) is 0 Å². The maximum Gasteiger partial charge on any atom is 0.273 e. The molecule has 2 heterocycles. The van der Waals surface area contributed by atoms with E-state index in [1.54, 1.807) is 12.3 Å². The van der Waals surface area contributed by atoms with E-state index < -0.39 is 0 Å². The lowest BCUT2D eigenvalue weighted by Gasteiger charge is -2.32. The average molecular weight is 284 g/mol. The molecule has 0 radical (unpaired) electrons. The summed E-state index contributed by atoms with van der Waals surface area (Å²) in [4.78, 5) is 14.3. The fourth-order valence-electron chi connectivity index (χ4n) is 2.60. The molecule has 0 unspecified atom stereocenters. The van der Waals surface area contributed by atoms with Crippen molar-refractivity contribution in [2.75, 3.05) is 23.3 Å². The largest absolute Gasteiger partial charge is 0.372 e. The van der Waals surface area contributed by atoms with Crippen molar-refractivity contribution < 1.29 is 4.79 Å². The first-order chi connectivity index (χ1) is 10.2. The summed E-state index contributed by atoms with van der Waals surface area (Å²) in [6, 6.07) is 9.68. The molecule has 5 heteroatoms. The summed E-state index contributed by atoms with van der Waals surface area (Å²) < 4.78 is 0. The van der Waals surface area contributed by atoms with Gasteiger partial charge in [0.25, 0.3) is 5.91 Å². The van der Waals surface area contributed by atoms with Gasteiger partial charge in [-0.3, -0.25) is 9.89 Å². The van der Waals surface area contributed by atoms with Crippen LogP contribution in [0.1, 0.15) is 30.3 Å². The van der Waals surface area contributed by atoms with Crippen molar-refractivity contribution in [3.63, 3.8) is 0 Å². The first-order valence-electron chi connectivity index (χ1n) is 7.38. The fourth-order valence-corrected chi connectivity index (χ4v) is 2.60. The number of nitrogens with zero attached hydrogens (tertiary/aromatic N) is 2. The van der Waals surface area contributed by atoms with Crippen LogP contribution >= 0.6 is 0 Å². The molecule has 1 aromatic carbocycles. The molecule has 1 aliphatic heterocycles. The topological polar surface area (TPSA) is 61.0 Å². The molecule has 0 atom stereocenters. The van der Waals surface area contributed by atoms with E-state index in [9.17, 15) is 4.79 Å². The molecule has 0 bridgehead atoms. The molecule has 1 amide bonds. The van der Waals surface area contributed by atoms with Gasteiger partial charge in [-0.05, 0) is 49.1 Å². The second-order valence-electron chi connectivity index (χ2n) is 5.64. The van der Waals surface area contributed by atoms with E-state index in [-0.39, 0.29) is 5.91 Å². The van der Waals surface area contributed by atoms with Crippen LogP contribution in [0, 0.1) is 5.92 Å². The maximum absolute atomic E-state index is 11.9. The summed E-state index contributed by atoms with van der Waals surface area (Å²) in [6.07, 6.45) is 4.06. The highest BCUT2D eigenvalue weighted by Crippen LogP contribution is 2.24. The molecule has 110 valence electrons. The molecule has 3 rings (SSSR count). The monoisotopic (exact) mass is 284 g/mol. The SMILES string of the molecule is CC1CCN(c2ccc(NC(=O)c3ccn[nH]3)cc2)CC1. The first-order valence-corrected chi connectivity index (χ1v) is 7.38. The fraction of sp³-hybridized carbons (Fsp3) is 0.375. The van der Waals surface area contributed by atoms with Crippen LogP contribution in [-0.4, -0.2) is 29.2 Å². The third-order valence-corrected chi connectivity index (χ3v) is 4.02. The van der Waals surface area contributed by atoms with Gasteiger partial charge in [0, 0.05) is 30.7 Å². The smallest absolute Gasteiger partial charge is 0.273 e. The molecule has 1 aromatic heterocycles. The number of hydrogen-bond acceptors (Lipinski definition) is 3. The molecule has 0 aliphatic carbocycles. The highest BCUT2D eigenvalue weighted by molar-refractivity contribution is 6.02. The van der Waals surface area contributed by atoms with Crippen LogP contribution in [0.3, 0.4) is 0 Å². The Morgan fingerprint density at radius 2 is 1.95 bits per heavy atom. The number of rotatable bonds is 3. The van der Waals surface area contributed by atoms with Gasteiger partial charge in [0.15, 0.2) is 0 Å². The van der Waals surface area contributed by atoms with E-state index in [1.165, 1.54) is 18.5 Å². The van der Waals surface area contributed by atoms with Crippen molar-refractivity contribution in [3.8, 4) is 0 Å². The summed E-state index contributed by atoms with van der Waals surface area (Å²) in [7, 11) is 0. The summed E-state index contributed by atoms with van der Waals surface area (Å²) in [6.45, 7) is 4.54. The zero-order valence-corrected chi connectivity index (χ0v) is 12.2. The lowest BCUT2D eigenvalue weighted by Crippen LogP contribution is -2.32. The third-order valence-electron chi connectivity index (χ3n) is 4.02. The van der Waals surface area contributed by atoms with E-state index in [2.05, 4.69) is 39.5 Å². The lowest BCUT2D eigenvalue weighted by molar-refractivity contribution is 0.102. The number of amides is 1. The molecule has 1 fully saturated rings. The van der Waals surface area contributed by atoms with Crippen molar-refractivity contribution in [1.82, 2.24) is 10.2 Å². The van der Waals surface area contributed by atoms with Gasteiger partial charge in [0.05, 0.1) is 0 Å².